The fraction of sp³-hybridized carbons (Fsp3) is 0.0833. The van der Waals surface area contributed by atoms with Gasteiger partial charge in [0.25, 0.3) is 0 Å². The van der Waals surface area contributed by atoms with Gasteiger partial charge in [-0.1, -0.05) is 30.3 Å². The highest BCUT2D eigenvalue weighted by atomic mass is 16.5. The quantitative estimate of drug-likeness (QED) is 0.718. The van der Waals surface area contributed by atoms with E-state index in [9.17, 15) is 4.79 Å². The van der Waals surface area contributed by atoms with Crippen molar-refractivity contribution in [1.82, 2.24) is 0 Å². The van der Waals surface area contributed by atoms with Crippen molar-refractivity contribution in [2.45, 2.75) is 6.92 Å². The molecule has 2 aromatic carbocycles. The molecule has 0 saturated heterocycles. The van der Waals surface area contributed by atoms with E-state index in [0.29, 0.717) is 5.75 Å². The van der Waals surface area contributed by atoms with Crippen LogP contribution in [0.5, 0.6) is 5.75 Å². The summed E-state index contributed by atoms with van der Waals surface area (Å²) in [7, 11) is 0. The minimum Gasteiger partial charge on any atom is -0.417 e. The van der Waals surface area contributed by atoms with Gasteiger partial charge in [0.1, 0.15) is 5.75 Å². The van der Waals surface area contributed by atoms with Crippen LogP contribution in [0.2, 0.25) is 0 Å². The lowest BCUT2D eigenvalue weighted by molar-refractivity contribution is 0.445. The third-order valence-corrected chi connectivity index (χ3v) is 2.25. The molecule has 0 aromatic heterocycles. The van der Waals surface area contributed by atoms with Crippen molar-refractivity contribution in [3.63, 3.8) is 0 Å². The number of hydrogen-bond donors (Lipinski definition) is 0. The van der Waals surface area contributed by atoms with Gasteiger partial charge in [-0.3, -0.25) is 0 Å². The second kappa shape index (κ2) is 3.50. The molecule has 2 heteroatoms. The maximum atomic E-state index is 10.2. The molecule has 0 bridgehead atoms. The first kappa shape index (κ1) is 8.75. The number of aryl methyl sites for hydroxylation is 1. The summed E-state index contributed by atoms with van der Waals surface area (Å²) in [6.07, 6.45) is 0. The third-order valence-electron chi connectivity index (χ3n) is 2.25. The number of rotatable bonds is 2. The van der Waals surface area contributed by atoms with Crippen molar-refractivity contribution < 1.29 is 9.53 Å². The summed E-state index contributed by atoms with van der Waals surface area (Å²) in [5, 5.41) is 2.04. The van der Waals surface area contributed by atoms with Crippen LogP contribution in [0.25, 0.3) is 10.8 Å². The van der Waals surface area contributed by atoms with E-state index in [1.54, 1.807) is 6.07 Å². The van der Waals surface area contributed by atoms with Crippen molar-refractivity contribution in [3.05, 3.63) is 42.0 Å². The normalized spacial score (nSPS) is 10.1. The summed E-state index contributed by atoms with van der Waals surface area (Å²) in [4.78, 5) is 10.2. The predicted molar refractivity (Wildman–Crippen MR) is 55.0 cm³/mol. The van der Waals surface area contributed by atoms with E-state index in [4.69, 9.17) is 4.74 Å². The van der Waals surface area contributed by atoms with Gasteiger partial charge < -0.3 is 4.74 Å². The lowest BCUT2D eigenvalue weighted by atomic mass is 10.1. The molecule has 0 unspecified atom stereocenters. The zero-order valence-corrected chi connectivity index (χ0v) is 7.78. The number of ether oxygens (including phenoxy) is 1. The molecular formula is C12H9O2. The van der Waals surface area contributed by atoms with Gasteiger partial charge in [0, 0.05) is 5.39 Å². The van der Waals surface area contributed by atoms with Crippen molar-refractivity contribution in [2.24, 2.45) is 0 Å². The standard InChI is InChI=1S/C12H9O2/c1-9-6-7-12(14-8-13)11-5-3-2-4-10(9)11/h2-7H,1H3. The Hall–Kier alpha value is -1.83. The number of hydrogen-bond acceptors (Lipinski definition) is 2. The summed E-state index contributed by atoms with van der Waals surface area (Å²) in [5.74, 6) is 0.557. The average Bonchev–Trinajstić information content (AvgIpc) is 2.23. The van der Waals surface area contributed by atoms with Gasteiger partial charge in [-0.25, -0.2) is 4.79 Å². The van der Waals surface area contributed by atoms with Crippen LogP contribution in [0.15, 0.2) is 36.4 Å². The molecule has 0 fully saturated rings. The van der Waals surface area contributed by atoms with E-state index in [-0.39, 0.29) is 0 Å². The summed E-state index contributed by atoms with van der Waals surface area (Å²) < 4.78 is 4.77. The number of benzene rings is 2. The van der Waals surface area contributed by atoms with Crippen molar-refractivity contribution >= 4 is 17.2 Å². The van der Waals surface area contributed by atoms with Crippen LogP contribution in [-0.2, 0) is 4.79 Å². The van der Waals surface area contributed by atoms with Crippen LogP contribution in [0.1, 0.15) is 5.56 Å². The van der Waals surface area contributed by atoms with Crippen LogP contribution in [-0.4, -0.2) is 6.47 Å². The molecule has 0 aliphatic carbocycles. The van der Waals surface area contributed by atoms with Gasteiger partial charge in [0.2, 0.25) is 0 Å². The maximum Gasteiger partial charge on any atom is 0.423 e. The topological polar surface area (TPSA) is 26.3 Å². The Morgan fingerprint density at radius 3 is 2.50 bits per heavy atom. The molecule has 69 valence electrons. The molecule has 0 saturated carbocycles. The van der Waals surface area contributed by atoms with Crippen LogP contribution < -0.4 is 4.74 Å². The summed E-state index contributed by atoms with van der Waals surface area (Å²) in [5.41, 5.74) is 1.17. The van der Waals surface area contributed by atoms with Crippen molar-refractivity contribution in [2.75, 3.05) is 0 Å². The summed E-state index contributed by atoms with van der Waals surface area (Å²) in [6, 6.07) is 11.5. The predicted octanol–water partition coefficient (Wildman–Crippen LogP) is 2.59. The first-order valence-electron chi connectivity index (χ1n) is 4.35. The van der Waals surface area contributed by atoms with Gasteiger partial charge in [0.05, 0.1) is 0 Å². The van der Waals surface area contributed by atoms with Crippen LogP contribution in [0, 0.1) is 6.92 Å². The second-order valence-corrected chi connectivity index (χ2v) is 3.11. The zero-order valence-electron chi connectivity index (χ0n) is 7.78. The van der Waals surface area contributed by atoms with E-state index >= 15 is 0 Å². The van der Waals surface area contributed by atoms with Crippen molar-refractivity contribution in [1.29, 1.82) is 0 Å². The fourth-order valence-corrected chi connectivity index (χ4v) is 1.56. The molecule has 0 aliphatic rings. The molecule has 0 heterocycles. The SMILES string of the molecule is Cc1ccc(O[C]=O)c2ccccc12. The Bertz CT molecular complexity index is 475. The van der Waals surface area contributed by atoms with E-state index in [0.717, 1.165) is 10.8 Å². The zero-order chi connectivity index (χ0) is 9.97. The van der Waals surface area contributed by atoms with E-state index in [1.165, 1.54) is 12.0 Å². The highest BCUT2D eigenvalue weighted by Crippen LogP contribution is 2.27. The molecular weight excluding hydrogens is 176 g/mol. The van der Waals surface area contributed by atoms with E-state index in [2.05, 4.69) is 0 Å². The fourth-order valence-electron chi connectivity index (χ4n) is 1.56. The highest BCUT2D eigenvalue weighted by Gasteiger charge is 2.03. The maximum absolute atomic E-state index is 10.2. The molecule has 2 rings (SSSR count). The molecule has 0 atom stereocenters. The van der Waals surface area contributed by atoms with E-state index < -0.39 is 0 Å². The Morgan fingerprint density at radius 2 is 1.79 bits per heavy atom. The van der Waals surface area contributed by atoms with E-state index in [1.807, 2.05) is 37.3 Å². The molecule has 0 aliphatic heterocycles. The highest BCUT2D eigenvalue weighted by molar-refractivity contribution is 5.91. The lowest BCUT2D eigenvalue weighted by Crippen LogP contribution is -1.90. The molecule has 14 heavy (non-hydrogen) atoms. The first-order valence-corrected chi connectivity index (χ1v) is 4.35. The third kappa shape index (κ3) is 1.35. The average molecular weight is 185 g/mol. The Labute approximate surface area is 82.1 Å². The minimum atomic E-state index is 0.557. The second-order valence-electron chi connectivity index (χ2n) is 3.11. The molecule has 2 aromatic rings. The van der Waals surface area contributed by atoms with Crippen molar-refractivity contribution in [3.8, 4) is 5.75 Å². The smallest absolute Gasteiger partial charge is 0.417 e. The Kier molecular flexibility index (Phi) is 2.19. The first-order chi connectivity index (χ1) is 6.83. The summed E-state index contributed by atoms with van der Waals surface area (Å²) >= 11 is 0. The molecule has 0 N–H and O–H groups in total. The Balaban J connectivity index is 2.74. The molecule has 0 amide bonds. The summed E-state index contributed by atoms with van der Waals surface area (Å²) in [6.45, 7) is 3.47. The van der Waals surface area contributed by atoms with Crippen LogP contribution >= 0.6 is 0 Å². The largest absolute Gasteiger partial charge is 0.423 e. The lowest BCUT2D eigenvalue weighted by Gasteiger charge is -2.05. The monoisotopic (exact) mass is 185 g/mol. The number of fused-ring (bicyclic) bond motifs is 1. The molecule has 2 nitrogen and oxygen atoms in total. The van der Waals surface area contributed by atoms with Crippen LogP contribution in [0.3, 0.4) is 0 Å². The van der Waals surface area contributed by atoms with Crippen LogP contribution in [0.4, 0.5) is 0 Å². The van der Waals surface area contributed by atoms with Gasteiger partial charge in [-0.2, -0.15) is 0 Å². The molecule has 1 radical (unpaired) electrons. The minimum absolute atomic E-state index is 0.557. The van der Waals surface area contributed by atoms with Gasteiger partial charge in [-0.05, 0) is 23.9 Å². The van der Waals surface area contributed by atoms with Gasteiger partial charge in [-0.15, -0.1) is 0 Å². The molecule has 0 spiro atoms. The number of carbonyl (C=O) groups excluding carboxylic acids is 1. The van der Waals surface area contributed by atoms with Gasteiger partial charge >= 0.3 is 6.47 Å². The Morgan fingerprint density at radius 1 is 1.07 bits per heavy atom. The van der Waals surface area contributed by atoms with Gasteiger partial charge in [0.15, 0.2) is 0 Å².